The highest BCUT2D eigenvalue weighted by Gasteiger charge is 2.13. The van der Waals surface area contributed by atoms with Gasteiger partial charge in [0.2, 0.25) is 0 Å². The molecule has 0 bridgehead atoms. The van der Waals surface area contributed by atoms with Crippen molar-refractivity contribution < 1.29 is 14.3 Å². The van der Waals surface area contributed by atoms with E-state index in [0.29, 0.717) is 28.5 Å². The lowest BCUT2D eigenvalue weighted by atomic mass is 10.1. The standard InChI is InChI=1S/C12H12ClNO3/c1-3-17-12(15)5-8-4-9(7-14)10(13)6-11(8)16-2/h4,6H,3,5H2,1-2H3. The Labute approximate surface area is 105 Å². The van der Waals surface area contributed by atoms with Gasteiger partial charge >= 0.3 is 5.97 Å². The van der Waals surface area contributed by atoms with Crippen molar-refractivity contribution in [2.24, 2.45) is 0 Å². The predicted molar refractivity (Wildman–Crippen MR) is 63.1 cm³/mol. The van der Waals surface area contributed by atoms with Gasteiger partial charge in [-0.1, -0.05) is 11.6 Å². The summed E-state index contributed by atoms with van der Waals surface area (Å²) in [6.45, 7) is 2.05. The predicted octanol–water partition coefficient (Wildman–Crippen LogP) is 2.33. The molecule has 0 aliphatic rings. The van der Waals surface area contributed by atoms with Gasteiger partial charge < -0.3 is 9.47 Å². The molecule has 4 nitrogen and oxygen atoms in total. The molecule has 0 unspecified atom stereocenters. The van der Waals surface area contributed by atoms with Crippen LogP contribution in [-0.4, -0.2) is 19.7 Å². The first-order valence-electron chi connectivity index (χ1n) is 5.04. The van der Waals surface area contributed by atoms with Crippen LogP contribution in [0.5, 0.6) is 5.75 Å². The van der Waals surface area contributed by atoms with Crippen LogP contribution in [0.2, 0.25) is 5.02 Å². The highest BCUT2D eigenvalue weighted by molar-refractivity contribution is 6.31. The molecule has 1 rings (SSSR count). The van der Waals surface area contributed by atoms with E-state index in [1.54, 1.807) is 6.92 Å². The number of halogens is 1. The van der Waals surface area contributed by atoms with Gasteiger partial charge in [-0.2, -0.15) is 5.26 Å². The number of rotatable bonds is 4. The molecule has 90 valence electrons. The summed E-state index contributed by atoms with van der Waals surface area (Å²) in [6.07, 6.45) is 0.0584. The van der Waals surface area contributed by atoms with Crippen molar-refractivity contribution in [3.63, 3.8) is 0 Å². The van der Waals surface area contributed by atoms with E-state index in [-0.39, 0.29) is 12.4 Å². The van der Waals surface area contributed by atoms with Crippen LogP contribution in [0.15, 0.2) is 12.1 Å². The van der Waals surface area contributed by atoms with E-state index in [4.69, 9.17) is 26.3 Å². The van der Waals surface area contributed by atoms with Crippen LogP contribution in [0, 0.1) is 11.3 Å². The molecule has 0 radical (unpaired) electrons. The van der Waals surface area contributed by atoms with Crippen molar-refractivity contribution in [1.29, 1.82) is 5.26 Å². The zero-order valence-corrected chi connectivity index (χ0v) is 10.4. The van der Waals surface area contributed by atoms with Crippen molar-refractivity contribution in [3.05, 3.63) is 28.3 Å². The summed E-state index contributed by atoms with van der Waals surface area (Å²) in [6, 6.07) is 5.01. The maximum Gasteiger partial charge on any atom is 0.310 e. The summed E-state index contributed by atoms with van der Waals surface area (Å²) in [4.78, 5) is 11.4. The van der Waals surface area contributed by atoms with E-state index in [9.17, 15) is 4.79 Å². The van der Waals surface area contributed by atoms with Gasteiger partial charge in [0.25, 0.3) is 0 Å². The SMILES string of the molecule is CCOC(=O)Cc1cc(C#N)c(Cl)cc1OC. The number of carbonyl (C=O) groups is 1. The third-order valence-electron chi connectivity index (χ3n) is 2.13. The summed E-state index contributed by atoms with van der Waals surface area (Å²) in [5, 5.41) is 9.16. The van der Waals surface area contributed by atoms with Gasteiger partial charge in [-0.3, -0.25) is 4.79 Å². The van der Waals surface area contributed by atoms with E-state index < -0.39 is 0 Å². The molecule has 5 heteroatoms. The molecule has 0 N–H and O–H groups in total. The molecule has 0 heterocycles. The van der Waals surface area contributed by atoms with Crippen molar-refractivity contribution in [3.8, 4) is 11.8 Å². The molecule has 1 aromatic rings. The monoisotopic (exact) mass is 253 g/mol. The highest BCUT2D eigenvalue weighted by atomic mass is 35.5. The van der Waals surface area contributed by atoms with Crippen LogP contribution in [0.4, 0.5) is 0 Å². The third kappa shape index (κ3) is 3.36. The van der Waals surface area contributed by atoms with Crippen molar-refractivity contribution >= 4 is 17.6 Å². The van der Waals surface area contributed by atoms with Gasteiger partial charge in [-0.25, -0.2) is 0 Å². The highest BCUT2D eigenvalue weighted by Crippen LogP contribution is 2.27. The Bertz CT molecular complexity index is 466. The fourth-order valence-electron chi connectivity index (χ4n) is 1.38. The van der Waals surface area contributed by atoms with E-state index in [1.807, 2.05) is 6.07 Å². The third-order valence-corrected chi connectivity index (χ3v) is 2.44. The van der Waals surface area contributed by atoms with Gasteiger partial charge in [-0.05, 0) is 13.0 Å². The summed E-state index contributed by atoms with van der Waals surface area (Å²) < 4.78 is 9.94. The van der Waals surface area contributed by atoms with Crippen LogP contribution in [0.1, 0.15) is 18.1 Å². The molecular formula is C12H12ClNO3. The Morgan fingerprint density at radius 1 is 1.53 bits per heavy atom. The Morgan fingerprint density at radius 2 is 2.24 bits per heavy atom. The fourth-order valence-corrected chi connectivity index (χ4v) is 1.58. The normalized spacial score (nSPS) is 9.53. The van der Waals surface area contributed by atoms with Gasteiger partial charge in [0.15, 0.2) is 0 Å². The van der Waals surface area contributed by atoms with Gasteiger partial charge in [0.1, 0.15) is 11.8 Å². The second kappa shape index (κ2) is 6.12. The molecule has 0 amide bonds. The first-order valence-corrected chi connectivity index (χ1v) is 5.42. The largest absolute Gasteiger partial charge is 0.496 e. The van der Waals surface area contributed by atoms with E-state index in [2.05, 4.69) is 0 Å². The first kappa shape index (κ1) is 13.3. The average molecular weight is 254 g/mol. The Kier molecular flexibility index (Phi) is 4.80. The Morgan fingerprint density at radius 3 is 2.76 bits per heavy atom. The molecule has 0 saturated heterocycles. The minimum Gasteiger partial charge on any atom is -0.496 e. The number of ether oxygens (including phenoxy) is 2. The number of benzene rings is 1. The molecule has 0 aliphatic carbocycles. The molecule has 0 saturated carbocycles. The second-order valence-corrected chi connectivity index (χ2v) is 3.64. The lowest BCUT2D eigenvalue weighted by Crippen LogP contribution is -2.08. The van der Waals surface area contributed by atoms with Crippen LogP contribution in [-0.2, 0) is 16.0 Å². The molecule has 0 atom stereocenters. The maximum atomic E-state index is 11.4. The summed E-state index contributed by atoms with van der Waals surface area (Å²) in [5.41, 5.74) is 0.902. The summed E-state index contributed by atoms with van der Waals surface area (Å²) >= 11 is 5.86. The van der Waals surface area contributed by atoms with Crippen LogP contribution < -0.4 is 4.74 Å². The van der Waals surface area contributed by atoms with Crippen molar-refractivity contribution in [1.82, 2.24) is 0 Å². The zero-order chi connectivity index (χ0) is 12.8. The minimum absolute atomic E-state index is 0.0584. The van der Waals surface area contributed by atoms with Crippen molar-refractivity contribution in [2.45, 2.75) is 13.3 Å². The molecule has 1 aromatic carbocycles. The number of esters is 1. The molecule has 0 aliphatic heterocycles. The lowest BCUT2D eigenvalue weighted by Gasteiger charge is -2.09. The first-order chi connectivity index (χ1) is 8.12. The minimum atomic E-state index is -0.364. The number of hydrogen-bond donors (Lipinski definition) is 0. The smallest absolute Gasteiger partial charge is 0.310 e. The molecule has 0 aromatic heterocycles. The zero-order valence-electron chi connectivity index (χ0n) is 9.62. The number of carbonyl (C=O) groups excluding carboxylic acids is 1. The average Bonchev–Trinajstić information content (AvgIpc) is 2.31. The molecule has 17 heavy (non-hydrogen) atoms. The lowest BCUT2D eigenvalue weighted by molar-refractivity contribution is -0.142. The van der Waals surface area contributed by atoms with E-state index >= 15 is 0 Å². The van der Waals surface area contributed by atoms with Crippen LogP contribution in [0.3, 0.4) is 0 Å². The fraction of sp³-hybridized carbons (Fsp3) is 0.333. The summed E-state index contributed by atoms with van der Waals surface area (Å²) in [7, 11) is 1.48. The Balaban J connectivity index is 3.05. The van der Waals surface area contributed by atoms with Gasteiger partial charge in [0.05, 0.1) is 30.7 Å². The molecular weight excluding hydrogens is 242 g/mol. The number of hydrogen-bond acceptors (Lipinski definition) is 4. The van der Waals surface area contributed by atoms with E-state index in [0.717, 1.165) is 0 Å². The van der Waals surface area contributed by atoms with Crippen LogP contribution in [0.25, 0.3) is 0 Å². The second-order valence-electron chi connectivity index (χ2n) is 3.24. The number of nitriles is 1. The Hall–Kier alpha value is -1.73. The molecule has 0 spiro atoms. The molecule has 0 fully saturated rings. The van der Waals surface area contributed by atoms with Gasteiger partial charge in [-0.15, -0.1) is 0 Å². The topological polar surface area (TPSA) is 59.3 Å². The van der Waals surface area contributed by atoms with Crippen LogP contribution >= 0.6 is 11.6 Å². The quantitative estimate of drug-likeness (QED) is 0.773. The van der Waals surface area contributed by atoms with Crippen molar-refractivity contribution in [2.75, 3.05) is 13.7 Å². The number of nitrogens with zero attached hydrogens (tertiary/aromatic N) is 1. The van der Waals surface area contributed by atoms with E-state index in [1.165, 1.54) is 19.2 Å². The maximum absolute atomic E-state index is 11.4. The van der Waals surface area contributed by atoms with Gasteiger partial charge in [0, 0.05) is 11.6 Å². The summed E-state index contributed by atoms with van der Waals surface area (Å²) in [5.74, 6) is 0.110. The number of methoxy groups -OCH3 is 1.